The third-order valence-electron chi connectivity index (χ3n) is 3.74. The van der Waals surface area contributed by atoms with Crippen molar-refractivity contribution >= 4 is 11.9 Å². The van der Waals surface area contributed by atoms with E-state index >= 15 is 0 Å². The largest absolute Gasteiger partial charge is 0.469 e. The number of rotatable bonds is 8. The van der Waals surface area contributed by atoms with Gasteiger partial charge in [-0.25, -0.2) is 0 Å². The summed E-state index contributed by atoms with van der Waals surface area (Å²) in [5.74, 6) is -0.340. The second kappa shape index (κ2) is 8.34. The maximum atomic E-state index is 12.4. The van der Waals surface area contributed by atoms with Crippen LogP contribution in [0.15, 0.2) is 0 Å². The van der Waals surface area contributed by atoms with E-state index in [2.05, 4.69) is 4.74 Å². The topological polar surface area (TPSA) is 65.1 Å². The zero-order valence-corrected chi connectivity index (χ0v) is 13.5. The van der Waals surface area contributed by atoms with E-state index in [0.29, 0.717) is 13.1 Å². The van der Waals surface area contributed by atoms with Crippen LogP contribution in [-0.2, 0) is 23.8 Å². The quantitative estimate of drug-likeness (QED) is 0.634. The molecule has 6 nitrogen and oxygen atoms in total. The van der Waals surface area contributed by atoms with Gasteiger partial charge in [0.15, 0.2) is 0 Å². The second-order valence-electron chi connectivity index (χ2n) is 5.94. The highest BCUT2D eigenvalue weighted by atomic mass is 16.5. The van der Waals surface area contributed by atoms with Gasteiger partial charge < -0.3 is 19.1 Å². The van der Waals surface area contributed by atoms with Crippen LogP contribution in [0.1, 0.15) is 39.5 Å². The minimum absolute atomic E-state index is 0.0266. The molecule has 1 rings (SSSR count). The lowest BCUT2D eigenvalue weighted by molar-refractivity contribution is -0.143. The molecular formula is C15H27NO5. The summed E-state index contributed by atoms with van der Waals surface area (Å²) in [4.78, 5) is 25.4. The minimum atomic E-state index is -0.517. The van der Waals surface area contributed by atoms with E-state index in [1.54, 1.807) is 12.0 Å². The number of amides is 1. The van der Waals surface area contributed by atoms with Crippen molar-refractivity contribution in [2.75, 3.05) is 33.9 Å². The molecule has 1 fully saturated rings. The normalized spacial score (nSPS) is 18.6. The zero-order chi connectivity index (χ0) is 15.9. The first-order valence-electron chi connectivity index (χ1n) is 7.39. The van der Waals surface area contributed by atoms with Crippen LogP contribution in [0.4, 0.5) is 0 Å². The first-order valence-corrected chi connectivity index (χ1v) is 7.39. The number of esters is 1. The Bertz CT molecular complexity index is 350. The maximum Gasteiger partial charge on any atom is 0.307 e. The molecule has 0 aliphatic carbocycles. The van der Waals surface area contributed by atoms with Gasteiger partial charge in [0.05, 0.1) is 31.7 Å². The Kier molecular flexibility index (Phi) is 7.11. The summed E-state index contributed by atoms with van der Waals surface area (Å²) in [6, 6.07) is 0. The molecule has 1 unspecified atom stereocenters. The molecule has 6 heteroatoms. The van der Waals surface area contributed by atoms with Crippen molar-refractivity contribution < 1.29 is 23.8 Å². The summed E-state index contributed by atoms with van der Waals surface area (Å²) >= 11 is 0. The van der Waals surface area contributed by atoms with Crippen LogP contribution < -0.4 is 0 Å². The SMILES string of the molecule is COC(=O)CCN(CC1CCCO1)C(=O)CC(C)(C)OC. The molecule has 0 bridgehead atoms. The average molecular weight is 301 g/mol. The van der Waals surface area contributed by atoms with Crippen LogP contribution >= 0.6 is 0 Å². The van der Waals surface area contributed by atoms with Crippen LogP contribution in [0.25, 0.3) is 0 Å². The molecule has 21 heavy (non-hydrogen) atoms. The van der Waals surface area contributed by atoms with Gasteiger partial charge in [0.25, 0.3) is 0 Å². The van der Waals surface area contributed by atoms with Crippen molar-refractivity contribution in [3.8, 4) is 0 Å². The van der Waals surface area contributed by atoms with Crippen LogP contribution in [0.3, 0.4) is 0 Å². The summed E-state index contributed by atoms with van der Waals surface area (Å²) in [6.45, 7) is 5.36. The molecule has 1 aliphatic heterocycles. The Morgan fingerprint density at radius 1 is 1.33 bits per heavy atom. The van der Waals surface area contributed by atoms with Gasteiger partial charge in [-0.1, -0.05) is 0 Å². The highest BCUT2D eigenvalue weighted by Gasteiger charge is 2.28. The summed E-state index contributed by atoms with van der Waals surface area (Å²) in [7, 11) is 2.94. The van der Waals surface area contributed by atoms with E-state index < -0.39 is 5.60 Å². The van der Waals surface area contributed by atoms with Gasteiger partial charge in [-0.2, -0.15) is 0 Å². The number of nitrogens with zero attached hydrogens (tertiary/aromatic N) is 1. The summed E-state index contributed by atoms with van der Waals surface area (Å²) in [6.07, 6.45) is 2.51. The lowest BCUT2D eigenvalue weighted by atomic mass is 10.0. The fraction of sp³-hybridized carbons (Fsp3) is 0.867. The number of methoxy groups -OCH3 is 2. The van der Waals surface area contributed by atoms with Gasteiger partial charge in [-0.15, -0.1) is 0 Å². The van der Waals surface area contributed by atoms with Gasteiger partial charge in [-0.3, -0.25) is 9.59 Å². The first-order chi connectivity index (χ1) is 9.88. The van der Waals surface area contributed by atoms with E-state index in [-0.39, 0.29) is 30.8 Å². The van der Waals surface area contributed by atoms with Crippen LogP contribution in [0, 0.1) is 0 Å². The lowest BCUT2D eigenvalue weighted by Crippen LogP contribution is -2.42. The Morgan fingerprint density at radius 2 is 2.05 bits per heavy atom. The molecule has 0 spiro atoms. The van der Waals surface area contributed by atoms with Crippen molar-refractivity contribution in [1.82, 2.24) is 4.90 Å². The zero-order valence-electron chi connectivity index (χ0n) is 13.5. The molecule has 0 aromatic heterocycles. The molecule has 0 saturated carbocycles. The molecule has 1 heterocycles. The molecule has 1 atom stereocenters. The summed E-state index contributed by atoms with van der Waals surface area (Å²) < 4.78 is 15.5. The number of ether oxygens (including phenoxy) is 3. The second-order valence-corrected chi connectivity index (χ2v) is 5.94. The minimum Gasteiger partial charge on any atom is -0.469 e. The van der Waals surface area contributed by atoms with Crippen molar-refractivity contribution in [3.63, 3.8) is 0 Å². The van der Waals surface area contributed by atoms with Crippen LogP contribution in [0.2, 0.25) is 0 Å². The Labute approximate surface area is 126 Å². The molecule has 1 amide bonds. The monoisotopic (exact) mass is 301 g/mol. The Hall–Kier alpha value is -1.14. The van der Waals surface area contributed by atoms with Crippen molar-refractivity contribution in [3.05, 3.63) is 0 Å². The predicted molar refractivity (Wildman–Crippen MR) is 77.9 cm³/mol. The number of hydrogen-bond donors (Lipinski definition) is 0. The average Bonchev–Trinajstić information content (AvgIpc) is 2.95. The standard InChI is InChI=1S/C15H27NO5/c1-15(2,20-4)10-13(17)16(8-7-14(18)19-3)11-12-6-5-9-21-12/h12H,5-11H2,1-4H3. The van der Waals surface area contributed by atoms with Gasteiger partial charge in [-0.05, 0) is 26.7 Å². The van der Waals surface area contributed by atoms with E-state index in [4.69, 9.17) is 9.47 Å². The smallest absolute Gasteiger partial charge is 0.307 e. The van der Waals surface area contributed by atoms with E-state index in [0.717, 1.165) is 19.4 Å². The molecule has 0 N–H and O–H groups in total. The van der Waals surface area contributed by atoms with E-state index in [1.807, 2.05) is 13.8 Å². The molecule has 0 aromatic rings. The van der Waals surface area contributed by atoms with Gasteiger partial charge in [0.1, 0.15) is 0 Å². The van der Waals surface area contributed by atoms with Crippen LogP contribution in [-0.4, -0.2) is 62.4 Å². The third-order valence-corrected chi connectivity index (χ3v) is 3.74. The fourth-order valence-electron chi connectivity index (χ4n) is 2.23. The molecule has 0 aromatic carbocycles. The number of carbonyl (C=O) groups is 2. The highest BCUT2D eigenvalue weighted by Crippen LogP contribution is 2.18. The molecule has 1 saturated heterocycles. The lowest BCUT2D eigenvalue weighted by Gasteiger charge is -2.29. The maximum absolute atomic E-state index is 12.4. The van der Waals surface area contributed by atoms with Crippen molar-refractivity contribution in [2.45, 2.75) is 51.2 Å². The van der Waals surface area contributed by atoms with Crippen molar-refractivity contribution in [1.29, 1.82) is 0 Å². The van der Waals surface area contributed by atoms with E-state index in [9.17, 15) is 9.59 Å². The number of carbonyl (C=O) groups excluding carboxylic acids is 2. The Morgan fingerprint density at radius 3 is 2.57 bits per heavy atom. The highest BCUT2D eigenvalue weighted by molar-refractivity contribution is 5.78. The summed E-state index contributed by atoms with van der Waals surface area (Å²) in [5.41, 5.74) is -0.517. The number of hydrogen-bond acceptors (Lipinski definition) is 5. The van der Waals surface area contributed by atoms with Gasteiger partial charge >= 0.3 is 5.97 Å². The predicted octanol–water partition coefficient (Wildman–Crippen LogP) is 1.37. The van der Waals surface area contributed by atoms with Gasteiger partial charge in [0.2, 0.25) is 5.91 Å². The first kappa shape index (κ1) is 17.9. The Balaban J connectivity index is 2.60. The molecule has 0 radical (unpaired) electrons. The van der Waals surface area contributed by atoms with Crippen molar-refractivity contribution in [2.24, 2.45) is 0 Å². The fourth-order valence-corrected chi connectivity index (χ4v) is 2.23. The summed E-state index contributed by atoms with van der Waals surface area (Å²) in [5, 5.41) is 0. The molecule has 122 valence electrons. The molecule has 1 aliphatic rings. The third kappa shape index (κ3) is 6.44. The van der Waals surface area contributed by atoms with Gasteiger partial charge in [0, 0.05) is 26.8 Å². The van der Waals surface area contributed by atoms with Crippen LogP contribution in [0.5, 0.6) is 0 Å². The van der Waals surface area contributed by atoms with E-state index in [1.165, 1.54) is 7.11 Å². The molecular weight excluding hydrogens is 274 g/mol.